The quantitative estimate of drug-likeness (QED) is 0.458. The molecule has 0 aliphatic carbocycles. The summed E-state index contributed by atoms with van der Waals surface area (Å²) in [5.74, 6) is -1.74. The third-order valence-corrected chi connectivity index (χ3v) is 8.04. The molecule has 3 N–H and O–H groups in total. The van der Waals surface area contributed by atoms with Crippen LogP contribution in [0.2, 0.25) is 0 Å². The van der Waals surface area contributed by atoms with E-state index in [9.17, 15) is 19.8 Å². The largest absolute Gasteiger partial charge is 0.477 e. The third-order valence-electron chi connectivity index (χ3n) is 5.50. The third kappa shape index (κ3) is 3.00. The van der Waals surface area contributed by atoms with E-state index in [-0.39, 0.29) is 29.6 Å². The van der Waals surface area contributed by atoms with Crippen molar-refractivity contribution >= 4 is 52.1 Å². The Balaban J connectivity index is 1.61. The first kappa shape index (κ1) is 19.9. The van der Waals surface area contributed by atoms with Crippen LogP contribution in [0.4, 0.5) is 0 Å². The minimum atomic E-state index is -1.13. The molecule has 0 unspecified atom stereocenters. The molecule has 3 aliphatic heterocycles. The lowest BCUT2D eigenvalue weighted by Gasteiger charge is -2.46. The van der Waals surface area contributed by atoms with Gasteiger partial charge in [0.05, 0.1) is 23.8 Å². The number of rotatable bonds is 6. The number of aliphatic hydroxyl groups excluding tert-OH is 1. The fourth-order valence-electron chi connectivity index (χ4n) is 4.17. The molecule has 0 aromatic carbocycles. The van der Waals surface area contributed by atoms with Crippen LogP contribution in [0.3, 0.4) is 0 Å². The summed E-state index contributed by atoms with van der Waals surface area (Å²) in [7, 11) is 0. The van der Waals surface area contributed by atoms with E-state index in [0.717, 1.165) is 22.2 Å². The zero-order valence-corrected chi connectivity index (χ0v) is 17.6. The number of carboxylic acids is 1. The van der Waals surface area contributed by atoms with Crippen molar-refractivity contribution in [1.29, 1.82) is 0 Å². The lowest BCUT2D eigenvalue weighted by atomic mass is 9.79. The highest BCUT2D eigenvalue weighted by atomic mass is 35.5. The summed E-state index contributed by atoms with van der Waals surface area (Å²) in [5, 5.41) is 24.9. The van der Waals surface area contributed by atoms with Gasteiger partial charge in [-0.1, -0.05) is 24.8 Å². The number of hydrogen-bond acceptors (Lipinski definition) is 7. The van der Waals surface area contributed by atoms with E-state index >= 15 is 0 Å². The molecule has 4 heterocycles. The normalized spacial score (nSPS) is 30.4. The zero-order chi connectivity index (χ0) is 20.2. The molecule has 3 aliphatic rings. The Morgan fingerprint density at radius 1 is 1.57 bits per heavy atom. The van der Waals surface area contributed by atoms with Crippen LogP contribution in [0.1, 0.15) is 19.5 Å². The van der Waals surface area contributed by atoms with Gasteiger partial charge in [0.25, 0.3) is 0 Å². The fraction of sp³-hybridized carbons (Fsp3) is 0.500. The van der Waals surface area contributed by atoms with Crippen LogP contribution in [-0.2, 0) is 9.59 Å². The van der Waals surface area contributed by atoms with Crippen LogP contribution in [-0.4, -0.2) is 62.6 Å². The van der Waals surface area contributed by atoms with E-state index < -0.39 is 18.0 Å². The summed E-state index contributed by atoms with van der Waals surface area (Å²) in [6.45, 7) is 4.22. The van der Waals surface area contributed by atoms with E-state index in [1.807, 2.05) is 12.3 Å². The second-order valence-electron chi connectivity index (χ2n) is 7.15. The zero-order valence-electron chi connectivity index (χ0n) is 15.3. The molecule has 0 spiro atoms. The number of amides is 1. The molecule has 0 saturated carbocycles. The lowest BCUT2D eigenvalue weighted by molar-refractivity contribution is -0.163. The molecule has 7 nitrogen and oxygen atoms in total. The number of carbonyl (C=O) groups excluding carboxylic acids is 1. The van der Waals surface area contributed by atoms with Crippen molar-refractivity contribution in [2.24, 2.45) is 11.8 Å². The molecule has 10 heteroatoms. The maximum absolute atomic E-state index is 12.4. The van der Waals surface area contributed by atoms with Gasteiger partial charge in [0.1, 0.15) is 5.70 Å². The van der Waals surface area contributed by atoms with Gasteiger partial charge in [-0.05, 0) is 12.5 Å². The van der Waals surface area contributed by atoms with Gasteiger partial charge >= 0.3 is 5.97 Å². The van der Waals surface area contributed by atoms with Crippen molar-refractivity contribution < 1.29 is 19.8 Å². The number of carboxylic acid groups (broad SMARTS) is 1. The summed E-state index contributed by atoms with van der Waals surface area (Å²) in [6.07, 6.45) is 1.26. The van der Waals surface area contributed by atoms with E-state index in [0.29, 0.717) is 10.8 Å². The van der Waals surface area contributed by atoms with Gasteiger partial charge in [-0.3, -0.25) is 4.79 Å². The molecule has 0 radical (unpaired) electrons. The van der Waals surface area contributed by atoms with Crippen LogP contribution in [0.5, 0.6) is 0 Å². The number of aromatic nitrogens is 1. The predicted octanol–water partition coefficient (Wildman–Crippen LogP) is 1.98. The molecule has 1 amide bonds. The number of nitrogens with zero attached hydrogens (tertiary/aromatic N) is 2. The first-order chi connectivity index (χ1) is 13.3. The number of fused-ring (bicyclic) bond motifs is 1. The molecular weight excluding hydrogens is 422 g/mol. The Bertz CT molecular complexity index is 897. The van der Waals surface area contributed by atoms with Crippen molar-refractivity contribution in [2.75, 3.05) is 12.4 Å². The molecule has 1 fully saturated rings. The number of carbonyl (C=O) groups is 2. The number of halogens is 1. The van der Waals surface area contributed by atoms with E-state index in [4.69, 9.17) is 11.6 Å². The summed E-state index contributed by atoms with van der Waals surface area (Å²) >= 11 is 8.74. The van der Waals surface area contributed by atoms with Gasteiger partial charge in [-0.15, -0.1) is 22.9 Å². The monoisotopic (exact) mass is 441 g/mol. The Morgan fingerprint density at radius 3 is 2.96 bits per heavy atom. The summed E-state index contributed by atoms with van der Waals surface area (Å²) < 4.78 is 0.722. The SMILES string of the molecule is C[C@@H](O)[C@H]1C(=O)N2C(C(=O)O)=C(Sc3nc(C4=CCN[C@@H]4CCl)cs3)[C@H](C)[C@H]12. The van der Waals surface area contributed by atoms with Gasteiger partial charge in [0, 0.05) is 34.7 Å². The van der Waals surface area contributed by atoms with Crippen molar-refractivity contribution in [3.05, 3.63) is 27.8 Å². The molecule has 28 heavy (non-hydrogen) atoms. The van der Waals surface area contributed by atoms with E-state index in [1.54, 1.807) is 6.92 Å². The van der Waals surface area contributed by atoms with Gasteiger partial charge in [0.2, 0.25) is 5.91 Å². The summed E-state index contributed by atoms with van der Waals surface area (Å²) in [4.78, 5) is 30.9. The van der Waals surface area contributed by atoms with Crippen molar-refractivity contribution in [2.45, 2.75) is 36.4 Å². The number of aliphatic hydroxyl groups is 1. The number of thiazole rings is 1. The summed E-state index contributed by atoms with van der Waals surface area (Å²) in [6, 6.07) is -0.255. The predicted molar refractivity (Wildman–Crippen MR) is 108 cm³/mol. The van der Waals surface area contributed by atoms with Crippen molar-refractivity contribution in [3.8, 4) is 0 Å². The maximum Gasteiger partial charge on any atom is 0.353 e. The van der Waals surface area contributed by atoms with Crippen LogP contribution >= 0.6 is 34.7 Å². The first-order valence-electron chi connectivity index (χ1n) is 8.96. The van der Waals surface area contributed by atoms with Crippen LogP contribution in [0, 0.1) is 11.8 Å². The van der Waals surface area contributed by atoms with Gasteiger partial charge in [-0.2, -0.15) is 0 Å². The lowest BCUT2D eigenvalue weighted by Crippen LogP contribution is -2.63. The molecule has 1 aromatic rings. The highest BCUT2D eigenvalue weighted by molar-refractivity contribution is 8.04. The molecule has 1 saturated heterocycles. The number of β-lactam (4-membered cyclic amide) rings is 1. The average molecular weight is 442 g/mol. The van der Waals surface area contributed by atoms with Crippen LogP contribution < -0.4 is 5.32 Å². The standard InChI is InChI=1S/C18H20ClN3O4S2/c1-7-13-12(8(2)23)16(24)22(13)14(17(25)26)15(7)28-18-21-11(6-27-18)9-3-4-20-10(9)5-19/h3,6-8,10,12-13,20,23H,4-5H2,1-2H3,(H,25,26)/t7-,8-,10-,12-,13-/m1/s1. The number of thioether (sulfide) groups is 1. The topological polar surface area (TPSA) is 103 Å². The van der Waals surface area contributed by atoms with Crippen LogP contribution in [0.15, 0.2) is 26.4 Å². The Morgan fingerprint density at radius 2 is 2.32 bits per heavy atom. The maximum atomic E-state index is 12.4. The molecule has 4 rings (SSSR count). The Kier molecular flexibility index (Phi) is 5.30. The highest BCUT2D eigenvalue weighted by Gasteiger charge is 2.60. The van der Waals surface area contributed by atoms with Gasteiger partial charge in [-0.25, -0.2) is 9.78 Å². The summed E-state index contributed by atoms with van der Waals surface area (Å²) in [5.41, 5.74) is 1.91. The molecule has 150 valence electrons. The first-order valence-corrected chi connectivity index (χ1v) is 11.2. The molecule has 1 aromatic heterocycles. The van der Waals surface area contributed by atoms with Crippen molar-refractivity contribution in [3.63, 3.8) is 0 Å². The number of alkyl halides is 1. The number of aliphatic carboxylic acids is 1. The highest BCUT2D eigenvalue weighted by Crippen LogP contribution is 2.52. The van der Waals surface area contributed by atoms with Gasteiger partial charge in [0.15, 0.2) is 4.34 Å². The Hall–Kier alpha value is -1.39. The van der Waals surface area contributed by atoms with Crippen LogP contribution in [0.25, 0.3) is 5.57 Å². The molecule has 5 atom stereocenters. The van der Waals surface area contributed by atoms with E-state index in [1.165, 1.54) is 28.0 Å². The smallest absolute Gasteiger partial charge is 0.353 e. The molecule has 0 bridgehead atoms. The Labute approximate surface area is 175 Å². The second-order valence-corrected chi connectivity index (χ2v) is 9.60. The van der Waals surface area contributed by atoms with Crippen molar-refractivity contribution in [1.82, 2.24) is 15.2 Å². The van der Waals surface area contributed by atoms with E-state index in [2.05, 4.69) is 16.4 Å². The minimum Gasteiger partial charge on any atom is -0.477 e. The number of nitrogens with one attached hydrogen (secondary N) is 1. The molecular formula is C18H20ClN3O4S2. The number of hydrogen-bond donors (Lipinski definition) is 3. The minimum absolute atomic E-state index is 0.0153. The fourth-order valence-corrected chi connectivity index (χ4v) is 6.55. The second kappa shape index (κ2) is 7.46. The van der Waals surface area contributed by atoms with Gasteiger partial charge < -0.3 is 20.4 Å². The average Bonchev–Trinajstić information content (AvgIpc) is 3.33.